The Morgan fingerprint density at radius 2 is 1.24 bits per heavy atom. The Balaban J connectivity index is 1.61. The lowest BCUT2D eigenvalue weighted by Gasteiger charge is -2.25. The van der Waals surface area contributed by atoms with Crippen LogP contribution in [-0.2, 0) is 0 Å². The Bertz CT molecular complexity index is 1540. The molecule has 0 aliphatic carbocycles. The number of anilines is 3. The lowest BCUT2D eigenvalue weighted by atomic mass is 10.1. The van der Waals surface area contributed by atoms with Gasteiger partial charge in [-0.15, -0.1) is 0 Å². The molecule has 3 nitrogen and oxygen atoms in total. The average Bonchev–Trinajstić information content (AvgIpc) is 3.35. The van der Waals surface area contributed by atoms with Crippen LogP contribution in [0, 0.1) is 0 Å². The van der Waals surface area contributed by atoms with Crippen molar-refractivity contribution in [3.8, 4) is 21.8 Å². The summed E-state index contributed by atoms with van der Waals surface area (Å²) in [5.74, 6) is 0. The van der Waals surface area contributed by atoms with Gasteiger partial charge in [-0.1, -0.05) is 90.2 Å². The molecule has 0 saturated heterocycles. The first kappa shape index (κ1) is 20.3. The molecule has 34 heavy (non-hydrogen) atoms. The van der Waals surface area contributed by atoms with Crippen LogP contribution in [0.4, 0.5) is 16.4 Å². The second kappa shape index (κ2) is 8.93. The summed E-state index contributed by atoms with van der Waals surface area (Å²) in [5.41, 5.74) is 5.33. The molecule has 2 aromatic heterocycles. The second-order valence-corrected chi connectivity index (χ2v) is 8.95. The first-order chi connectivity index (χ1) is 16.9. The third-order valence-electron chi connectivity index (χ3n) is 5.79. The summed E-state index contributed by atoms with van der Waals surface area (Å²) >= 11 is 1.70. The van der Waals surface area contributed by atoms with Gasteiger partial charge in [-0.05, 0) is 47.2 Å². The van der Waals surface area contributed by atoms with Gasteiger partial charge in [0.25, 0.3) is 0 Å². The molecule has 0 atom stereocenters. The molecule has 0 saturated carbocycles. The molecule has 2 heterocycles. The van der Waals surface area contributed by atoms with Gasteiger partial charge >= 0.3 is 0 Å². The van der Waals surface area contributed by atoms with E-state index < -0.39 is 0 Å². The number of benzene rings is 4. The fourth-order valence-corrected chi connectivity index (χ4v) is 5.28. The summed E-state index contributed by atoms with van der Waals surface area (Å²) in [6.45, 7) is 0. The van der Waals surface area contributed by atoms with Crippen molar-refractivity contribution in [2.24, 2.45) is 0 Å². The van der Waals surface area contributed by atoms with Gasteiger partial charge in [0.15, 0.2) is 0 Å². The fourth-order valence-electron chi connectivity index (χ4n) is 4.14. The third kappa shape index (κ3) is 3.85. The van der Waals surface area contributed by atoms with Crippen LogP contribution >= 0.6 is 11.3 Å². The monoisotopic (exact) mass is 455 g/mol. The van der Waals surface area contributed by atoms with E-state index in [2.05, 4.69) is 107 Å². The Hall–Kier alpha value is -4.28. The zero-order chi connectivity index (χ0) is 22.7. The largest absolute Gasteiger partial charge is 0.300 e. The lowest BCUT2D eigenvalue weighted by molar-refractivity contribution is 1.29. The number of pyridine rings is 1. The molecule has 0 aliphatic rings. The highest BCUT2D eigenvalue weighted by molar-refractivity contribution is 7.19. The van der Waals surface area contributed by atoms with Crippen LogP contribution in [0.25, 0.3) is 32.6 Å². The zero-order valence-corrected chi connectivity index (χ0v) is 19.2. The van der Waals surface area contributed by atoms with Gasteiger partial charge in [0.1, 0.15) is 15.7 Å². The number of rotatable bonds is 5. The van der Waals surface area contributed by atoms with E-state index >= 15 is 0 Å². The maximum Gasteiger partial charge on any atom is 0.129 e. The molecule has 4 aromatic carbocycles. The first-order valence-electron chi connectivity index (χ1n) is 11.2. The van der Waals surface area contributed by atoms with Crippen molar-refractivity contribution in [1.82, 2.24) is 9.97 Å². The minimum absolute atomic E-state index is 0.967. The number of thiazole rings is 1. The molecule has 6 aromatic rings. The van der Waals surface area contributed by atoms with Gasteiger partial charge in [-0.3, -0.25) is 4.98 Å². The van der Waals surface area contributed by atoms with Crippen molar-refractivity contribution in [2.75, 3.05) is 4.90 Å². The Morgan fingerprint density at radius 3 is 2.00 bits per heavy atom. The summed E-state index contributed by atoms with van der Waals surface area (Å²) in [6.07, 6.45) is 3.63. The smallest absolute Gasteiger partial charge is 0.129 e. The maximum atomic E-state index is 5.13. The normalized spacial score (nSPS) is 10.9. The van der Waals surface area contributed by atoms with Gasteiger partial charge in [-0.25, -0.2) is 4.98 Å². The molecular weight excluding hydrogens is 434 g/mol. The zero-order valence-electron chi connectivity index (χ0n) is 18.4. The predicted octanol–water partition coefficient (Wildman–Crippen LogP) is 8.50. The van der Waals surface area contributed by atoms with E-state index in [1.807, 2.05) is 30.6 Å². The molecule has 0 spiro atoms. The SMILES string of the molecule is c1ccc(-c2nc(-c3ccncc3)sc2N(c2ccccc2)c2ccc3ccccc3c2)cc1. The quantitative estimate of drug-likeness (QED) is 0.261. The number of fused-ring (bicyclic) bond motifs is 1. The number of nitrogens with zero attached hydrogens (tertiary/aromatic N) is 3. The van der Waals surface area contributed by atoms with Crippen molar-refractivity contribution < 1.29 is 0 Å². The van der Waals surface area contributed by atoms with Crippen LogP contribution in [0.3, 0.4) is 0 Å². The minimum atomic E-state index is 0.967. The Morgan fingerprint density at radius 1 is 0.559 bits per heavy atom. The Kier molecular flexibility index (Phi) is 5.34. The maximum absolute atomic E-state index is 5.13. The number of para-hydroxylation sites is 1. The molecule has 0 amide bonds. The van der Waals surface area contributed by atoms with Crippen molar-refractivity contribution in [2.45, 2.75) is 0 Å². The Labute approximate surface area is 202 Å². The molecule has 0 N–H and O–H groups in total. The van der Waals surface area contributed by atoms with E-state index in [1.165, 1.54) is 10.8 Å². The highest BCUT2D eigenvalue weighted by Gasteiger charge is 2.22. The molecule has 0 unspecified atom stereocenters. The second-order valence-electron chi connectivity index (χ2n) is 7.98. The van der Waals surface area contributed by atoms with Gasteiger partial charge in [-0.2, -0.15) is 0 Å². The minimum Gasteiger partial charge on any atom is -0.300 e. The van der Waals surface area contributed by atoms with Crippen LogP contribution in [0.2, 0.25) is 0 Å². The molecule has 6 rings (SSSR count). The topological polar surface area (TPSA) is 29.0 Å². The van der Waals surface area contributed by atoms with Crippen LogP contribution in [0.5, 0.6) is 0 Å². The van der Waals surface area contributed by atoms with E-state index in [0.717, 1.165) is 38.2 Å². The van der Waals surface area contributed by atoms with E-state index in [-0.39, 0.29) is 0 Å². The molecular formula is C30H21N3S. The van der Waals surface area contributed by atoms with Gasteiger partial charge in [0, 0.05) is 34.9 Å². The number of hydrogen-bond acceptors (Lipinski definition) is 4. The third-order valence-corrected chi connectivity index (χ3v) is 6.88. The van der Waals surface area contributed by atoms with Crippen molar-refractivity contribution in [3.63, 3.8) is 0 Å². The summed E-state index contributed by atoms with van der Waals surface area (Å²) in [5, 5.41) is 4.49. The average molecular weight is 456 g/mol. The highest BCUT2D eigenvalue weighted by Crippen LogP contribution is 2.46. The fraction of sp³-hybridized carbons (Fsp3) is 0. The van der Waals surface area contributed by atoms with Gasteiger partial charge < -0.3 is 4.90 Å². The molecule has 4 heteroatoms. The van der Waals surface area contributed by atoms with Crippen LogP contribution in [0.15, 0.2) is 128 Å². The molecule has 0 bridgehead atoms. The molecule has 0 fully saturated rings. The standard InChI is InChI=1S/C30H21N3S/c1-3-10-23(11-4-1)28-30(34-29(32-28)24-17-19-31-20-18-24)33(26-13-5-2-6-14-26)27-16-15-22-9-7-8-12-25(22)21-27/h1-21H. The summed E-state index contributed by atoms with van der Waals surface area (Å²) in [4.78, 5) is 11.6. The van der Waals surface area contributed by atoms with Crippen molar-refractivity contribution >= 4 is 38.5 Å². The molecule has 0 aliphatic heterocycles. The van der Waals surface area contributed by atoms with Crippen LogP contribution < -0.4 is 4.90 Å². The van der Waals surface area contributed by atoms with E-state index in [4.69, 9.17) is 4.98 Å². The van der Waals surface area contributed by atoms with E-state index in [0.29, 0.717) is 0 Å². The highest BCUT2D eigenvalue weighted by atomic mass is 32.1. The van der Waals surface area contributed by atoms with Gasteiger partial charge in [0.05, 0.1) is 0 Å². The van der Waals surface area contributed by atoms with Crippen molar-refractivity contribution in [3.05, 3.63) is 128 Å². The van der Waals surface area contributed by atoms with Gasteiger partial charge in [0.2, 0.25) is 0 Å². The van der Waals surface area contributed by atoms with Crippen LogP contribution in [-0.4, -0.2) is 9.97 Å². The summed E-state index contributed by atoms with van der Waals surface area (Å²) < 4.78 is 0. The number of hydrogen-bond donors (Lipinski definition) is 0. The van der Waals surface area contributed by atoms with E-state index in [1.54, 1.807) is 11.3 Å². The summed E-state index contributed by atoms with van der Waals surface area (Å²) in [7, 11) is 0. The van der Waals surface area contributed by atoms with E-state index in [9.17, 15) is 0 Å². The summed E-state index contributed by atoms with van der Waals surface area (Å²) in [6, 6.07) is 40.1. The van der Waals surface area contributed by atoms with Crippen LogP contribution in [0.1, 0.15) is 0 Å². The van der Waals surface area contributed by atoms with Crippen molar-refractivity contribution in [1.29, 1.82) is 0 Å². The molecule has 0 radical (unpaired) electrons. The molecule has 162 valence electrons. The lowest BCUT2D eigenvalue weighted by Crippen LogP contribution is -2.09. The first-order valence-corrected chi connectivity index (χ1v) is 12.0. The number of aromatic nitrogens is 2. The predicted molar refractivity (Wildman–Crippen MR) is 143 cm³/mol.